The molecule has 1 unspecified atom stereocenters. The smallest absolute Gasteiger partial charge is 0.0715 e. The number of allylic oxidation sites excluding steroid dienone is 4. The van der Waals surface area contributed by atoms with Crippen molar-refractivity contribution in [2.75, 3.05) is 0 Å². The zero-order valence-electron chi connectivity index (χ0n) is 13.5. The van der Waals surface area contributed by atoms with Gasteiger partial charge >= 0.3 is 0 Å². The molecule has 1 heteroatoms. The first-order valence-electron chi connectivity index (χ1n) is 8.14. The third-order valence-corrected chi connectivity index (χ3v) is 9.65. The van der Waals surface area contributed by atoms with Gasteiger partial charge in [0.1, 0.15) is 0 Å². The highest BCUT2D eigenvalue weighted by molar-refractivity contribution is 6.82. The summed E-state index contributed by atoms with van der Waals surface area (Å²) in [6.07, 6.45) is 9.24. The Labute approximate surface area is 134 Å². The summed E-state index contributed by atoms with van der Waals surface area (Å²) in [5, 5.41) is 0. The Hall–Kier alpha value is -1.86. The van der Waals surface area contributed by atoms with Gasteiger partial charge in [-0.05, 0) is 34.7 Å². The monoisotopic (exact) mass is 302 g/mol. The highest BCUT2D eigenvalue weighted by Crippen LogP contribution is 2.52. The van der Waals surface area contributed by atoms with Gasteiger partial charge in [-0.25, -0.2) is 0 Å². The standard InChI is InChI=1S/C21H22Si/c1-15-12-13-19-20(14-15)17-10-6-7-11-18(17)21(19)22(2,3)16-8-4-5-9-16/h4-14,16,21H,1-3H3. The Balaban J connectivity index is 1.93. The lowest BCUT2D eigenvalue weighted by atomic mass is 10.0. The van der Waals surface area contributed by atoms with Crippen LogP contribution in [0.2, 0.25) is 18.6 Å². The van der Waals surface area contributed by atoms with Crippen LogP contribution >= 0.6 is 0 Å². The fourth-order valence-corrected chi connectivity index (χ4v) is 7.94. The summed E-state index contributed by atoms with van der Waals surface area (Å²) in [4.78, 5) is 0. The van der Waals surface area contributed by atoms with Gasteiger partial charge in [0.25, 0.3) is 0 Å². The fraction of sp³-hybridized carbons (Fsp3) is 0.238. The van der Waals surface area contributed by atoms with Gasteiger partial charge in [0.05, 0.1) is 8.07 Å². The van der Waals surface area contributed by atoms with Gasteiger partial charge < -0.3 is 0 Å². The van der Waals surface area contributed by atoms with Crippen LogP contribution in [0.3, 0.4) is 0 Å². The van der Waals surface area contributed by atoms with Crippen LogP contribution in [0.4, 0.5) is 0 Å². The minimum absolute atomic E-state index is 0.594. The average Bonchev–Trinajstić information content (AvgIpc) is 3.13. The van der Waals surface area contributed by atoms with Gasteiger partial charge in [-0.1, -0.05) is 85.4 Å². The number of benzene rings is 2. The van der Waals surface area contributed by atoms with E-state index in [0.717, 1.165) is 0 Å². The van der Waals surface area contributed by atoms with Crippen molar-refractivity contribution < 1.29 is 0 Å². The molecule has 2 aromatic carbocycles. The zero-order chi connectivity index (χ0) is 15.3. The van der Waals surface area contributed by atoms with Gasteiger partial charge in [0.2, 0.25) is 0 Å². The van der Waals surface area contributed by atoms with E-state index in [2.05, 4.69) is 86.8 Å². The molecule has 0 aliphatic heterocycles. The van der Waals surface area contributed by atoms with Crippen molar-refractivity contribution >= 4 is 8.07 Å². The Morgan fingerprint density at radius 3 is 2.27 bits per heavy atom. The lowest BCUT2D eigenvalue weighted by Gasteiger charge is -2.35. The quantitative estimate of drug-likeness (QED) is 0.610. The summed E-state index contributed by atoms with van der Waals surface area (Å²) >= 11 is 0. The fourth-order valence-electron chi connectivity index (χ4n) is 4.24. The van der Waals surface area contributed by atoms with E-state index in [1.54, 1.807) is 11.1 Å². The molecule has 2 aromatic rings. The van der Waals surface area contributed by atoms with E-state index in [1.807, 2.05) is 0 Å². The first-order chi connectivity index (χ1) is 10.6. The largest absolute Gasteiger partial charge is 0.0803 e. The Morgan fingerprint density at radius 2 is 1.50 bits per heavy atom. The van der Waals surface area contributed by atoms with Crippen LogP contribution in [-0.2, 0) is 0 Å². The van der Waals surface area contributed by atoms with E-state index in [-0.39, 0.29) is 0 Å². The number of hydrogen-bond donors (Lipinski definition) is 0. The van der Waals surface area contributed by atoms with Crippen LogP contribution in [-0.4, -0.2) is 8.07 Å². The number of fused-ring (bicyclic) bond motifs is 3. The van der Waals surface area contributed by atoms with Crippen molar-refractivity contribution in [2.24, 2.45) is 0 Å². The number of aryl methyl sites for hydroxylation is 1. The summed E-state index contributed by atoms with van der Waals surface area (Å²) in [5.41, 5.74) is 8.61. The highest BCUT2D eigenvalue weighted by Gasteiger charge is 2.44. The molecule has 0 heterocycles. The van der Waals surface area contributed by atoms with E-state index in [4.69, 9.17) is 0 Å². The molecule has 0 nitrogen and oxygen atoms in total. The third kappa shape index (κ3) is 1.89. The molecule has 2 aliphatic carbocycles. The van der Waals surface area contributed by atoms with Gasteiger partial charge in [-0.15, -0.1) is 0 Å². The van der Waals surface area contributed by atoms with Crippen LogP contribution in [0.5, 0.6) is 0 Å². The lowest BCUT2D eigenvalue weighted by molar-refractivity contribution is 1.06. The minimum atomic E-state index is -1.53. The topological polar surface area (TPSA) is 0 Å². The molecule has 0 radical (unpaired) electrons. The summed E-state index contributed by atoms with van der Waals surface area (Å²) in [6, 6.07) is 16.1. The Bertz CT molecular complexity index is 783. The Kier molecular flexibility index (Phi) is 3.02. The molecule has 1 atom stereocenters. The molecule has 110 valence electrons. The molecule has 0 saturated carbocycles. The van der Waals surface area contributed by atoms with Crippen molar-refractivity contribution in [3.05, 3.63) is 83.5 Å². The zero-order valence-corrected chi connectivity index (χ0v) is 14.5. The SMILES string of the molecule is Cc1ccc2c(c1)-c1ccccc1C2[Si](C)(C)C1C=CC=C1. The van der Waals surface area contributed by atoms with Crippen LogP contribution in [0.25, 0.3) is 11.1 Å². The van der Waals surface area contributed by atoms with E-state index in [0.29, 0.717) is 11.1 Å². The maximum Gasteiger partial charge on any atom is 0.0715 e. The number of rotatable bonds is 2. The summed E-state index contributed by atoms with van der Waals surface area (Å²) in [7, 11) is -1.53. The second-order valence-corrected chi connectivity index (χ2v) is 12.1. The van der Waals surface area contributed by atoms with Crippen molar-refractivity contribution in [2.45, 2.75) is 31.1 Å². The molecule has 0 saturated heterocycles. The van der Waals surface area contributed by atoms with Crippen LogP contribution in [0.1, 0.15) is 22.2 Å². The van der Waals surface area contributed by atoms with Gasteiger partial charge in [0, 0.05) is 5.54 Å². The van der Waals surface area contributed by atoms with Crippen molar-refractivity contribution in [3.8, 4) is 11.1 Å². The molecule has 2 aliphatic rings. The normalized spacial score (nSPS) is 19.5. The molecule has 0 aromatic heterocycles. The van der Waals surface area contributed by atoms with E-state index >= 15 is 0 Å². The van der Waals surface area contributed by atoms with Gasteiger partial charge in [0.15, 0.2) is 0 Å². The lowest BCUT2D eigenvalue weighted by Crippen LogP contribution is -2.38. The maximum absolute atomic E-state index is 2.55. The van der Waals surface area contributed by atoms with Gasteiger partial charge in [-0.2, -0.15) is 0 Å². The van der Waals surface area contributed by atoms with E-state index in [1.165, 1.54) is 16.7 Å². The summed E-state index contributed by atoms with van der Waals surface area (Å²) < 4.78 is 0. The molecule has 0 amide bonds. The summed E-state index contributed by atoms with van der Waals surface area (Å²) in [6.45, 7) is 7.30. The molecular formula is C21H22Si. The summed E-state index contributed by atoms with van der Waals surface area (Å²) in [5.74, 6) is 0. The van der Waals surface area contributed by atoms with E-state index < -0.39 is 8.07 Å². The predicted molar refractivity (Wildman–Crippen MR) is 98.0 cm³/mol. The van der Waals surface area contributed by atoms with Crippen LogP contribution in [0.15, 0.2) is 66.8 Å². The predicted octanol–water partition coefficient (Wildman–Crippen LogP) is 5.85. The molecular weight excluding hydrogens is 280 g/mol. The van der Waals surface area contributed by atoms with E-state index in [9.17, 15) is 0 Å². The molecule has 22 heavy (non-hydrogen) atoms. The molecule has 0 spiro atoms. The Morgan fingerprint density at radius 1 is 0.818 bits per heavy atom. The number of hydrogen-bond acceptors (Lipinski definition) is 0. The van der Waals surface area contributed by atoms with Crippen molar-refractivity contribution in [1.29, 1.82) is 0 Å². The molecule has 0 N–H and O–H groups in total. The first-order valence-corrected chi connectivity index (χ1v) is 11.3. The average molecular weight is 302 g/mol. The second kappa shape index (κ2) is 4.82. The molecule has 0 bridgehead atoms. The third-order valence-electron chi connectivity index (χ3n) is 5.43. The first kappa shape index (κ1) is 13.8. The molecule has 4 rings (SSSR count). The highest BCUT2D eigenvalue weighted by atomic mass is 28.3. The molecule has 0 fully saturated rings. The second-order valence-electron chi connectivity index (χ2n) is 7.23. The van der Waals surface area contributed by atoms with Crippen molar-refractivity contribution in [3.63, 3.8) is 0 Å². The van der Waals surface area contributed by atoms with Gasteiger partial charge in [-0.3, -0.25) is 0 Å². The minimum Gasteiger partial charge on any atom is -0.0803 e. The van der Waals surface area contributed by atoms with Crippen molar-refractivity contribution in [1.82, 2.24) is 0 Å². The maximum atomic E-state index is 2.55. The van der Waals surface area contributed by atoms with Crippen LogP contribution < -0.4 is 0 Å². The van der Waals surface area contributed by atoms with Crippen LogP contribution in [0, 0.1) is 6.92 Å².